The molecule has 1 radical (unpaired) electrons. The smallest absolute Gasteiger partial charge is 0.119 e. The highest BCUT2D eigenvalue weighted by Gasteiger charge is 2.17. The maximum absolute atomic E-state index is 9.32. The average molecular weight is 149 g/mol. The molecule has 2 nitrogen and oxygen atoms in total. The van der Waals surface area contributed by atoms with Crippen LogP contribution in [0.1, 0.15) is 11.1 Å². The number of aromatic hydroxyl groups is 2. The fraction of sp³-hybridized carbons (Fsp3) is 0.222. The summed E-state index contributed by atoms with van der Waals surface area (Å²) in [7, 11) is 0. The van der Waals surface area contributed by atoms with Crippen LogP contribution in [-0.4, -0.2) is 10.2 Å². The van der Waals surface area contributed by atoms with Gasteiger partial charge in [-0.3, -0.25) is 0 Å². The lowest BCUT2D eigenvalue weighted by Gasteiger charge is -2.03. The maximum Gasteiger partial charge on any atom is 0.119 e. The third kappa shape index (κ3) is 0.862. The Morgan fingerprint density at radius 3 is 1.82 bits per heavy atom. The highest BCUT2D eigenvalue weighted by Crippen LogP contribution is 2.34. The second kappa shape index (κ2) is 2.16. The van der Waals surface area contributed by atoms with E-state index in [2.05, 4.69) is 0 Å². The first-order valence-corrected chi connectivity index (χ1v) is 3.63. The first-order chi connectivity index (χ1) is 5.29. The van der Waals surface area contributed by atoms with Crippen molar-refractivity contribution in [3.8, 4) is 11.5 Å². The Hall–Kier alpha value is -1.18. The van der Waals surface area contributed by atoms with Crippen LogP contribution in [0.5, 0.6) is 11.5 Å². The van der Waals surface area contributed by atoms with Gasteiger partial charge in [0.1, 0.15) is 11.5 Å². The van der Waals surface area contributed by atoms with Crippen molar-refractivity contribution in [2.45, 2.75) is 12.8 Å². The van der Waals surface area contributed by atoms with E-state index in [0.717, 1.165) is 24.0 Å². The molecule has 0 amide bonds. The van der Waals surface area contributed by atoms with Crippen LogP contribution in [-0.2, 0) is 12.8 Å². The lowest BCUT2D eigenvalue weighted by molar-refractivity contribution is 0.453. The summed E-state index contributed by atoms with van der Waals surface area (Å²) in [6.45, 7) is 0. The molecule has 0 atom stereocenters. The summed E-state index contributed by atoms with van der Waals surface area (Å²) < 4.78 is 0. The summed E-state index contributed by atoms with van der Waals surface area (Å²) in [5.74, 6) is 0.595. The van der Waals surface area contributed by atoms with Gasteiger partial charge in [0, 0.05) is 11.1 Å². The molecule has 0 unspecified atom stereocenters. The van der Waals surface area contributed by atoms with Crippen molar-refractivity contribution in [2.24, 2.45) is 0 Å². The molecule has 0 bridgehead atoms. The van der Waals surface area contributed by atoms with Crippen LogP contribution in [0.25, 0.3) is 0 Å². The highest BCUT2D eigenvalue weighted by atomic mass is 16.3. The van der Waals surface area contributed by atoms with Gasteiger partial charge in [0.25, 0.3) is 0 Å². The molecular formula is C9H9O2. The Bertz CT molecular complexity index is 263. The first-order valence-electron chi connectivity index (χ1n) is 3.63. The zero-order valence-corrected chi connectivity index (χ0v) is 6.04. The van der Waals surface area contributed by atoms with E-state index in [0.29, 0.717) is 11.5 Å². The van der Waals surface area contributed by atoms with Crippen molar-refractivity contribution < 1.29 is 10.2 Å². The first kappa shape index (κ1) is 6.53. The zero-order chi connectivity index (χ0) is 7.84. The van der Waals surface area contributed by atoms with Crippen LogP contribution in [0.3, 0.4) is 0 Å². The molecule has 1 aliphatic carbocycles. The predicted molar refractivity (Wildman–Crippen MR) is 41.5 cm³/mol. The Kier molecular flexibility index (Phi) is 1.28. The lowest BCUT2D eigenvalue weighted by atomic mass is 10.1. The van der Waals surface area contributed by atoms with Gasteiger partial charge in [0.15, 0.2) is 0 Å². The largest absolute Gasteiger partial charge is 0.508 e. The van der Waals surface area contributed by atoms with Gasteiger partial charge in [-0.2, -0.15) is 0 Å². The lowest BCUT2D eigenvalue weighted by Crippen LogP contribution is -1.82. The third-order valence-corrected chi connectivity index (χ3v) is 2.08. The van der Waals surface area contributed by atoms with Crippen LogP contribution < -0.4 is 0 Å². The molecule has 2 rings (SSSR count). The van der Waals surface area contributed by atoms with Gasteiger partial charge in [0.05, 0.1) is 0 Å². The molecule has 0 saturated carbocycles. The van der Waals surface area contributed by atoms with E-state index < -0.39 is 0 Å². The van der Waals surface area contributed by atoms with Gasteiger partial charge in [0.2, 0.25) is 0 Å². The molecule has 0 fully saturated rings. The summed E-state index contributed by atoms with van der Waals surface area (Å²) in [4.78, 5) is 0. The quantitative estimate of drug-likeness (QED) is 0.547. The van der Waals surface area contributed by atoms with Crippen molar-refractivity contribution in [1.82, 2.24) is 0 Å². The van der Waals surface area contributed by atoms with Gasteiger partial charge >= 0.3 is 0 Å². The molecule has 0 spiro atoms. The molecular weight excluding hydrogens is 140 g/mol. The molecule has 2 heteroatoms. The van der Waals surface area contributed by atoms with E-state index in [1.54, 1.807) is 0 Å². The molecule has 0 heterocycles. The third-order valence-electron chi connectivity index (χ3n) is 2.08. The summed E-state index contributed by atoms with van der Waals surface area (Å²) in [5.41, 5.74) is 1.76. The molecule has 1 aliphatic rings. The van der Waals surface area contributed by atoms with Crippen molar-refractivity contribution in [3.05, 3.63) is 29.7 Å². The molecule has 11 heavy (non-hydrogen) atoms. The van der Waals surface area contributed by atoms with E-state index >= 15 is 0 Å². The minimum atomic E-state index is 0.298. The van der Waals surface area contributed by atoms with Gasteiger partial charge in [-0.05, 0) is 31.4 Å². The molecule has 0 aromatic heterocycles. The number of hydrogen-bond donors (Lipinski definition) is 2. The van der Waals surface area contributed by atoms with Crippen molar-refractivity contribution in [2.75, 3.05) is 0 Å². The summed E-state index contributed by atoms with van der Waals surface area (Å²) in [6.07, 6.45) is 3.59. The van der Waals surface area contributed by atoms with E-state index in [1.165, 1.54) is 12.1 Å². The van der Waals surface area contributed by atoms with Crippen LogP contribution >= 0.6 is 0 Å². The fourth-order valence-corrected chi connectivity index (χ4v) is 1.48. The van der Waals surface area contributed by atoms with E-state index in [4.69, 9.17) is 0 Å². The second-order valence-electron chi connectivity index (χ2n) is 2.76. The second-order valence-corrected chi connectivity index (χ2v) is 2.76. The predicted octanol–water partition coefficient (Wildman–Crippen LogP) is 1.40. The minimum Gasteiger partial charge on any atom is -0.508 e. The van der Waals surface area contributed by atoms with Crippen molar-refractivity contribution in [1.29, 1.82) is 0 Å². The van der Waals surface area contributed by atoms with Gasteiger partial charge in [-0.1, -0.05) is 0 Å². The van der Waals surface area contributed by atoms with Gasteiger partial charge in [-0.25, -0.2) is 0 Å². The van der Waals surface area contributed by atoms with E-state index in [-0.39, 0.29) is 0 Å². The summed E-state index contributed by atoms with van der Waals surface area (Å²) >= 11 is 0. The summed E-state index contributed by atoms with van der Waals surface area (Å²) in [5, 5.41) is 18.6. The SMILES string of the molecule is Oc1ccc(O)c2c1C[CH]C2. The molecule has 1 aromatic rings. The van der Waals surface area contributed by atoms with E-state index in [9.17, 15) is 10.2 Å². The van der Waals surface area contributed by atoms with Crippen molar-refractivity contribution in [3.63, 3.8) is 0 Å². The fourth-order valence-electron chi connectivity index (χ4n) is 1.48. The standard InChI is InChI=1S/C9H9O2/c10-8-4-5-9(11)7-3-1-2-6(7)8/h1,4-5,10-11H,2-3H2. The summed E-state index contributed by atoms with van der Waals surface area (Å²) in [6, 6.07) is 3.07. The average Bonchev–Trinajstić information content (AvgIpc) is 2.45. The number of benzene rings is 1. The van der Waals surface area contributed by atoms with Crippen LogP contribution in [0, 0.1) is 6.42 Å². The van der Waals surface area contributed by atoms with Crippen LogP contribution in [0.2, 0.25) is 0 Å². The molecule has 57 valence electrons. The number of phenolic OH excluding ortho intramolecular Hbond substituents is 2. The molecule has 0 saturated heterocycles. The van der Waals surface area contributed by atoms with Crippen molar-refractivity contribution >= 4 is 0 Å². The number of hydrogen-bond acceptors (Lipinski definition) is 2. The Morgan fingerprint density at radius 2 is 1.36 bits per heavy atom. The maximum atomic E-state index is 9.32. The van der Waals surface area contributed by atoms with Gasteiger partial charge < -0.3 is 10.2 Å². The molecule has 1 aromatic carbocycles. The topological polar surface area (TPSA) is 40.5 Å². The highest BCUT2D eigenvalue weighted by molar-refractivity contribution is 5.51. The Morgan fingerprint density at radius 1 is 0.909 bits per heavy atom. The van der Waals surface area contributed by atoms with Crippen LogP contribution in [0.15, 0.2) is 12.1 Å². The van der Waals surface area contributed by atoms with E-state index in [1.807, 2.05) is 6.42 Å². The number of fused-ring (bicyclic) bond motifs is 1. The minimum absolute atomic E-state index is 0.298. The monoisotopic (exact) mass is 149 g/mol. The van der Waals surface area contributed by atoms with Gasteiger partial charge in [-0.15, -0.1) is 0 Å². The van der Waals surface area contributed by atoms with Crippen LogP contribution in [0.4, 0.5) is 0 Å². The normalized spacial score (nSPS) is 14.9. The molecule has 0 aliphatic heterocycles. The molecule has 2 N–H and O–H groups in total. The Labute approximate surface area is 65.1 Å². The Balaban J connectivity index is 2.64. The number of rotatable bonds is 0. The zero-order valence-electron chi connectivity index (χ0n) is 6.04. The number of phenols is 2.